The van der Waals surface area contributed by atoms with Gasteiger partial charge in [0.15, 0.2) is 0 Å². The minimum Gasteiger partial charge on any atom is -0.457 e. The molecule has 0 saturated carbocycles. The smallest absolute Gasteiger partial charge is 0.133 e. The van der Waals surface area contributed by atoms with Crippen LogP contribution in [0.5, 0.6) is 11.5 Å². The molecule has 1 atom stereocenters. The minimum absolute atomic E-state index is 0.00299. The summed E-state index contributed by atoms with van der Waals surface area (Å²) in [4.78, 5) is 5.35. The molecule has 0 bridgehead atoms. The molecule has 2 aliphatic carbocycles. The zero-order valence-corrected chi connectivity index (χ0v) is 46.6. The highest BCUT2D eigenvalue weighted by molar-refractivity contribution is 6.04. The molecule has 0 aromatic heterocycles. The fraction of sp³-hybridized carbons (Fsp3) is 0.371. The number of nitrogens with zero attached hydrogens (tertiary/aromatic N) is 2. The normalized spacial score (nSPS) is 18.7. The Morgan fingerprint density at radius 1 is 0.493 bits per heavy atom. The molecule has 372 valence electrons. The van der Waals surface area contributed by atoms with E-state index < -0.39 is 0 Å². The molecule has 0 saturated heterocycles. The van der Waals surface area contributed by atoms with Gasteiger partial charge in [0.05, 0.1) is 28.4 Å². The van der Waals surface area contributed by atoms with Crippen LogP contribution in [-0.4, -0.2) is 0 Å². The second kappa shape index (κ2) is 15.6. The van der Waals surface area contributed by atoms with Crippen molar-refractivity contribution in [2.24, 2.45) is 0 Å². The van der Waals surface area contributed by atoms with Crippen molar-refractivity contribution in [2.75, 3.05) is 9.80 Å². The summed E-state index contributed by atoms with van der Waals surface area (Å²) < 4.78 is 7.09. The minimum atomic E-state index is -0.295. The van der Waals surface area contributed by atoms with E-state index >= 15 is 0 Å². The average Bonchev–Trinajstić information content (AvgIpc) is 3.70. The maximum Gasteiger partial charge on any atom is 0.133 e. The summed E-state index contributed by atoms with van der Waals surface area (Å²) in [5.74, 6) is 1.87. The van der Waals surface area contributed by atoms with E-state index in [2.05, 4.69) is 248 Å². The molecule has 7 aromatic rings. The first kappa shape index (κ1) is 47.7. The molecular formula is C70H76N2O. The van der Waals surface area contributed by atoms with Crippen LogP contribution in [0.15, 0.2) is 133 Å². The Morgan fingerprint density at radius 3 is 1.77 bits per heavy atom. The molecule has 0 fully saturated rings. The van der Waals surface area contributed by atoms with E-state index in [4.69, 9.17) is 4.74 Å². The maximum absolute atomic E-state index is 7.09. The summed E-state index contributed by atoms with van der Waals surface area (Å²) in [5.41, 5.74) is 27.4. The van der Waals surface area contributed by atoms with Crippen LogP contribution < -0.4 is 14.5 Å². The zero-order chi connectivity index (χ0) is 51.7. The van der Waals surface area contributed by atoms with Crippen LogP contribution in [-0.2, 0) is 38.9 Å². The topological polar surface area (TPSA) is 15.7 Å². The molecule has 3 aliphatic heterocycles. The van der Waals surface area contributed by atoms with Crippen LogP contribution in [0.3, 0.4) is 0 Å². The second-order valence-electron chi connectivity index (χ2n) is 27.4. The summed E-state index contributed by atoms with van der Waals surface area (Å²) in [6, 6.07) is 50.3. The van der Waals surface area contributed by atoms with Crippen LogP contribution in [0.2, 0.25) is 0 Å². The molecule has 12 rings (SSSR count). The average molecular weight is 961 g/mol. The van der Waals surface area contributed by atoms with Crippen molar-refractivity contribution in [3.8, 4) is 22.6 Å². The van der Waals surface area contributed by atoms with Crippen LogP contribution in [0.25, 0.3) is 16.8 Å². The summed E-state index contributed by atoms with van der Waals surface area (Å²) in [7, 11) is 0. The lowest BCUT2D eigenvalue weighted by Crippen LogP contribution is -2.35. The summed E-state index contributed by atoms with van der Waals surface area (Å²) in [5, 5.41) is 0. The van der Waals surface area contributed by atoms with Gasteiger partial charge in [0.2, 0.25) is 0 Å². The van der Waals surface area contributed by atoms with Gasteiger partial charge >= 0.3 is 0 Å². The van der Waals surface area contributed by atoms with Gasteiger partial charge in [-0.1, -0.05) is 171 Å². The molecule has 0 radical (unpaired) electrons. The first-order valence-electron chi connectivity index (χ1n) is 27.2. The van der Waals surface area contributed by atoms with Gasteiger partial charge in [-0.05, 0) is 164 Å². The van der Waals surface area contributed by atoms with Gasteiger partial charge in [0.25, 0.3) is 0 Å². The van der Waals surface area contributed by atoms with Crippen molar-refractivity contribution < 1.29 is 4.74 Å². The van der Waals surface area contributed by atoms with Gasteiger partial charge in [-0.3, -0.25) is 0 Å². The van der Waals surface area contributed by atoms with Gasteiger partial charge in [-0.2, -0.15) is 0 Å². The Balaban J connectivity index is 1.19. The second-order valence-corrected chi connectivity index (χ2v) is 27.4. The van der Waals surface area contributed by atoms with Crippen LogP contribution in [0.4, 0.5) is 28.4 Å². The van der Waals surface area contributed by atoms with E-state index in [-0.39, 0.29) is 38.4 Å². The van der Waals surface area contributed by atoms with Gasteiger partial charge in [0.1, 0.15) is 11.5 Å². The van der Waals surface area contributed by atoms with E-state index in [0.717, 1.165) is 17.9 Å². The Labute approximate surface area is 437 Å². The fourth-order valence-corrected chi connectivity index (χ4v) is 13.3. The van der Waals surface area contributed by atoms with Crippen LogP contribution >= 0.6 is 0 Å². The highest BCUT2D eigenvalue weighted by atomic mass is 16.5. The molecule has 0 spiro atoms. The van der Waals surface area contributed by atoms with Crippen molar-refractivity contribution in [1.82, 2.24) is 0 Å². The number of fused-ring (bicyclic) bond motifs is 8. The van der Waals surface area contributed by atoms with Crippen LogP contribution in [0, 0.1) is 6.92 Å². The largest absolute Gasteiger partial charge is 0.457 e. The molecule has 1 unspecified atom stereocenters. The van der Waals surface area contributed by atoms with Crippen LogP contribution in [0.1, 0.15) is 189 Å². The predicted molar refractivity (Wildman–Crippen MR) is 309 cm³/mol. The number of aryl methyl sites for hydroxylation is 1. The molecule has 0 N–H and O–H groups in total. The van der Waals surface area contributed by atoms with Crippen molar-refractivity contribution in [1.29, 1.82) is 0 Å². The molecule has 0 amide bonds. The van der Waals surface area contributed by atoms with Gasteiger partial charge in [-0.25, -0.2) is 0 Å². The highest BCUT2D eigenvalue weighted by Gasteiger charge is 2.48. The van der Waals surface area contributed by atoms with E-state index in [9.17, 15) is 0 Å². The molecule has 5 aliphatic rings. The Bertz CT molecular complexity index is 3500. The van der Waals surface area contributed by atoms with Gasteiger partial charge in [0, 0.05) is 50.9 Å². The third-order valence-corrected chi connectivity index (χ3v) is 17.9. The van der Waals surface area contributed by atoms with E-state index in [1.165, 1.54) is 130 Å². The molecule has 3 heteroatoms. The monoisotopic (exact) mass is 961 g/mol. The van der Waals surface area contributed by atoms with Gasteiger partial charge in [-0.15, -0.1) is 0 Å². The van der Waals surface area contributed by atoms with E-state index in [1.54, 1.807) is 0 Å². The lowest BCUT2D eigenvalue weighted by molar-refractivity contribution is 0.332. The standard InChI is InChI=1S/C70H76N2O/c1-41-33-58-63-59(34-41)72(56-30-27-46(67(8,9)10)36-48(56)42-21-24-44(25-22-42)65(2,3)4)57-40-61-55(70(15,16)53-19-17-18-20-60(53)73-61)39-50(57)62(63)51-35-43-23-26-45(66(5,6)7)37-49(43)64(51)71(58)47-28-29-52-54(38-47)69(13,14)32-31-68(52,11)12/h17-30,33-34,36-40,62H,31-32,35H2,1-16H3. The number of anilines is 5. The van der Waals surface area contributed by atoms with Crippen molar-refractivity contribution in [3.63, 3.8) is 0 Å². The quantitative estimate of drug-likeness (QED) is 0.176. The first-order valence-corrected chi connectivity index (χ1v) is 27.2. The van der Waals surface area contributed by atoms with E-state index in [1.807, 2.05) is 0 Å². The number of allylic oxidation sites excluding steroid dienone is 1. The molecule has 3 nitrogen and oxygen atoms in total. The number of para-hydroxylation sites is 1. The summed E-state index contributed by atoms with van der Waals surface area (Å²) >= 11 is 0. The third-order valence-electron chi connectivity index (χ3n) is 17.9. The number of benzene rings is 7. The summed E-state index contributed by atoms with van der Waals surface area (Å²) in [6.07, 6.45) is 3.24. The molecule has 7 aromatic carbocycles. The lowest BCUT2D eigenvalue weighted by atomic mass is 9.63. The fourth-order valence-electron chi connectivity index (χ4n) is 13.3. The van der Waals surface area contributed by atoms with Crippen molar-refractivity contribution in [3.05, 3.63) is 200 Å². The van der Waals surface area contributed by atoms with Gasteiger partial charge < -0.3 is 14.5 Å². The Morgan fingerprint density at radius 2 is 1.10 bits per heavy atom. The number of hydrogen-bond donors (Lipinski definition) is 0. The number of hydrogen-bond acceptors (Lipinski definition) is 3. The highest BCUT2D eigenvalue weighted by Crippen LogP contribution is 2.65. The maximum atomic E-state index is 7.09. The zero-order valence-electron chi connectivity index (χ0n) is 46.6. The summed E-state index contributed by atoms with van der Waals surface area (Å²) in [6.45, 7) is 37.9. The lowest BCUT2D eigenvalue weighted by Gasteiger charge is -2.47. The third kappa shape index (κ3) is 7.33. The predicted octanol–water partition coefficient (Wildman–Crippen LogP) is 19.4. The molecule has 3 heterocycles. The number of rotatable bonds is 3. The number of ether oxygens (including phenoxy) is 1. The van der Waals surface area contributed by atoms with Crippen molar-refractivity contribution in [2.45, 2.75) is 168 Å². The molecule has 73 heavy (non-hydrogen) atoms. The Kier molecular flexibility index (Phi) is 10.2. The van der Waals surface area contributed by atoms with E-state index in [0.29, 0.717) is 0 Å². The van der Waals surface area contributed by atoms with Crippen molar-refractivity contribution >= 4 is 34.1 Å². The SMILES string of the molecule is Cc1cc2c3c(c1)N(c1ccc(C(C)(C)C)cc1-c1ccc(C(C)(C)C)cc1)c1cc4c(cc1C3C1=C(c3cc(C(C)(C)C)ccc3C1)N2c1ccc2c(c1)C(C)(C)CCC2(C)C)C(C)(C)c1ccccc1O4. The molecular weight excluding hydrogens is 885 g/mol. The first-order chi connectivity index (χ1) is 34.2. The Hall–Kier alpha value is -6.32.